The summed E-state index contributed by atoms with van der Waals surface area (Å²) < 4.78 is 13.9. The molecule has 1 saturated heterocycles. The van der Waals surface area contributed by atoms with Gasteiger partial charge in [-0.1, -0.05) is 13.0 Å². The molecule has 1 heterocycles. The summed E-state index contributed by atoms with van der Waals surface area (Å²) in [7, 11) is 0. The molecular weight excluding hydrogens is 247 g/mol. The van der Waals surface area contributed by atoms with Crippen LogP contribution in [0.3, 0.4) is 0 Å². The fraction of sp³-hybridized carbons (Fsp3) is 0.429. The van der Waals surface area contributed by atoms with E-state index < -0.39 is 11.4 Å². The van der Waals surface area contributed by atoms with Crippen molar-refractivity contribution >= 4 is 17.5 Å². The highest BCUT2D eigenvalue weighted by molar-refractivity contribution is 6.09. The van der Waals surface area contributed by atoms with Crippen molar-refractivity contribution in [3.63, 3.8) is 0 Å². The maximum atomic E-state index is 13.9. The van der Waals surface area contributed by atoms with E-state index in [0.29, 0.717) is 6.42 Å². The minimum Gasteiger partial charge on any atom is -0.340 e. The van der Waals surface area contributed by atoms with Gasteiger partial charge in [0.25, 0.3) is 5.91 Å². The Hall–Kier alpha value is -1.91. The molecule has 19 heavy (non-hydrogen) atoms. The van der Waals surface area contributed by atoms with E-state index in [1.807, 2.05) is 13.8 Å². The smallest absolute Gasteiger partial charge is 0.253 e. The van der Waals surface area contributed by atoms with Crippen molar-refractivity contribution in [2.24, 2.45) is 0 Å². The predicted octanol–water partition coefficient (Wildman–Crippen LogP) is 1.77. The van der Waals surface area contributed by atoms with Crippen LogP contribution in [-0.2, 0) is 9.59 Å². The van der Waals surface area contributed by atoms with Gasteiger partial charge in [-0.3, -0.25) is 14.5 Å². The molecule has 0 aromatic heterocycles. The quantitative estimate of drug-likeness (QED) is 0.885. The number of hydrogen-bond donors (Lipinski definition) is 1. The van der Waals surface area contributed by atoms with Gasteiger partial charge < -0.3 is 5.32 Å². The Morgan fingerprint density at radius 1 is 1.42 bits per heavy atom. The monoisotopic (exact) mass is 264 g/mol. The van der Waals surface area contributed by atoms with E-state index in [1.165, 1.54) is 11.0 Å². The Labute approximate surface area is 111 Å². The summed E-state index contributed by atoms with van der Waals surface area (Å²) in [6.45, 7) is 5.15. The highest BCUT2D eigenvalue weighted by Crippen LogP contribution is 2.27. The first-order valence-corrected chi connectivity index (χ1v) is 6.26. The first-order valence-electron chi connectivity index (χ1n) is 6.26. The highest BCUT2D eigenvalue weighted by Gasteiger charge is 2.42. The van der Waals surface area contributed by atoms with Crippen molar-refractivity contribution in [3.8, 4) is 0 Å². The van der Waals surface area contributed by atoms with E-state index >= 15 is 0 Å². The Morgan fingerprint density at radius 3 is 2.74 bits per heavy atom. The van der Waals surface area contributed by atoms with Crippen LogP contribution in [0.2, 0.25) is 0 Å². The van der Waals surface area contributed by atoms with Crippen LogP contribution in [0.25, 0.3) is 0 Å². The number of hydrogen-bond acceptors (Lipinski definition) is 2. The van der Waals surface area contributed by atoms with E-state index in [4.69, 9.17) is 0 Å². The lowest BCUT2D eigenvalue weighted by atomic mass is 9.94. The lowest BCUT2D eigenvalue weighted by Gasteiger charge is -2.39. The molecule has 4 nitrogen and oxygen atoms in total. The SMILES string of the molecule is CCC1(C)NC(=O)CN(c2cc(C)ccc2F)C1=O. The third kappa shape index (κ3) is 2.32. The van der Waals surface area contributed by atoms with Gasteiger partial charge in [-0.25, -0.2) is 4.39 Å². The van der Waals surface area contributed by atoms with Crippen LogP contribution in [0.5, 0.6) is 0 Å². The number of piperazine rings is 1. The molecule has 1 aromatic carbocycles. The Bertz CT molecular complexity index is 544. The Kier molecular flexibility index (Phi) is 3.30. The number of carbonyl (C=O) groups excluding carboxylic acids is 2. The molecule has 2 rings (SSSR count). The van der Waals surface area contributed by atoms with Crippen molar-refractivity contribution < 1.29 is 14.0 Å². The van der Waals surface area contributed by atoms with Gasteiger partial charge in [-0.15, -0.1) is 0 Å². The number of rotatable bonds is 2. The van der Waals surface area contributed by atoms with E-state index in [1.54, 1.807) is 19.1 Å². The molecule has 1 unspecified atom stereocenters. The fourth-order valence-electron chi connectivity index (χ4n) is 2.18. The maximum absolute atomic E-state index is 13.9. The molecule has 5 heteroatoms. The summed E-state index contributed by atoms with van der Waals surface area (Å²) in [5.41, 5.74) is 0.0406. The second kappa shape index (κ2) is 4.64. The molecule has 1 atom stereocenters. The van der Waals surface area contributed by atoms with Crippen LogP contribution >= 0.6 is 0 Å². The van der Waals surface area contributed by atoms with Crippen molar-refractivity contribution in [2.75, 3.05) is 11.4 Å². The third-order valence-corrected chi connectivity index (χ3v) is 3.53. The molecule has 0 radical (unpaired) electrons. The maximum Gasteiger partial charge on any atom is 0.253 e. The normalized spacial score (nSPS) is 23.5. The van der Waals surface area contributed by atoms with E-state index in [-0.39, 0.29) is 24.0 Å². The molecule has 0 bridgehead atoms. The van der Waals surface area contributed by atoms with Gasteiger partial charge in [0, 0.05) is 0 Å². The minimum atomic E-state index is -0.967. The summed E-state index contributed by atoms with van der Waals surface area (Å²) in [6.07, 6.45) is 0.460. The van der Waals surface area contributed by atoms with Gasteiger partial charge in [0.15, 0.2) is 0 Å². The van der Waals surface area contributed by atoms with E-state index in [0.717, 1.165) is 5.56 Å². The van der Waals surface area contributed by atoms with Gasteiger partial charge in [0.1, 0.15) is 17.9 Å². The van der Waals surface area contributed by atoms with Gasteiger partial charge in [0.05, 0.1) is 5.69 Å². The molecule has 0 saturated carbocycles. The zero-order chi connectivity index (χ0) is 14.2. The second-order valence-corrected chi connectivity index (χ2v) is 5.08. The van der Waals surface area contributed by atoms with E-state index in [2.05, 4.69) is 5.32 Å². The molecule has 1 fully saturated rings. The Balaban J connectivity index is 2.46. The molecule has 102 valence electrons. The average Bonchev–Trinajstić information content (AvgIpc) is 2.37. The van der Waals surface area contributed by atoms with Crippen molar-refractivity contribution in [2.45, 2.75) is 32.7 Å². The molecule has 1 aromatic rings. The molecule has 1 N–H and O–H groups in total. The van der Waals surface area contributed by atoms with Crippen molar-refractivity contribution in [1.82, 2.24) is 5.32 Å². The van der Waals surface area contributed by atoms with Gasteiger partial charge in [-0.05, 0) is 38.0 Å². The van der Waals surface area contributed by atoms with Crippen LogP contribution < -0.4 is 10.2 Å². The molecular formula is C14H17FN2O2. The number of benzene rings is 1. The van der Waals surface area contributed by atoms with E-state index in [9.17, 15) is 14.0 Å². The van der Waals surface area contributed by atoms with Crippen molar-refractivity contribution in [3.05, 3.63) is 29.6 Å². The lowest BCUT2D eigenvalue weighted by molar-refractivity contribution is -0.135. The largest absolute Gasteiger partial charge is 0.340 e. The predicted molar refractivity (Wildman–Crippen MR) is 70.3 cm³/mol. The fourth-order valence-corrected chi connectivity index (χ4v) is 2.18. The Morgan fingerprint density at radius 2 is 2.11 bits per heavy atom. The first kappa shape index (κ1) is 13.5. The number of amides is 2. The zero-order valence-corrected chi connectivity index (χ0v) is 11.3. The zero-order valence-electron chi connectivity index (χ0n) is 11.3. The molecule has 0 spiro atoms. The summed E-state index contributed by atoms with van der Waals surface area (Å²) in [6, 6.07) is 4.53. The van der Waals surface area contributed by atoms with Gasteiger partial charge in [0.2, 0.25) is 5.91 Å². The van der Waals surface area contributed by atoms with Gasteiger partial charge >= 0.3 is 0 Å². The standard InChI is InChI=1S/C14H17FN2O2/c1-4-14(3)13(19)17(8-12(18)16-14)11-7-9(2)5-6-10(11)15/h5-7H,4,8H2,1-3H3,(H,16,18). The molecule has 1 aliphatic heterocycles. The topological polar surface area (TPSA) is 49.4 Å². The summed E-state index contributed by atoms with van der Waals surface area (Å²) >= 11 is 0. The summed E-state index contributed by atoms with van der Waals surface area (Å²) in [5.74, 6) is -1.05. The molecule has 0 aliphatic carbocycles. The average molecular weight is 264 g/mol. The summed E-state index contributed by atoms with van der Waals surface area (Å²) in [5, 5.41) is 2.67. The van der Waals surface area contributed by atoms with Crippen LogP contribution in [-0.4, -0.2) is 23.9 Å². The number of nitrogens with zero attached hydrogens (tertiary/aromatic N) is 1. The molecule has 1 aliphatic rings. The van der Waals surface area contributed by atoms with Crippen LogP contribution in [0.4, 0.5) is 10.1 Å². The lowest BCUT2D eigenvalue weighted by Crippen LogP contribution is -2.65. The number of nitrogens with one attached hydrogen (secondary N) is 1. The van der Waals surface area contributed by atoms with Crippen LogP contribution in [0.1, 0.15) is 25.8 Å². The number of carbonyl (C=O) groups is 2. The minimum absolute atomic E-state index is 0.144. The highest BCUT2D eigenvalue weighted by atomic mass is 19.1. The summed E-state index contributed by atoms with van der Waals surface area (Å²) in [4.78, 5) is 25.4. The van der Waals surface area contributed by atoms with Crippen molar-refractivity contribution in [1.29, 1.82) is 0 Å². The number of halogens is 1. The van der Waals surface area contributed by atoms with Crippen LogP contribution in [0, 0.1) is 12.7 Å². The first-order chi connectivity index (χ1) is 8.87. The number of anilines is 1. The number of aryl methyl sites for hydroxylation is 1. The third-order valence-electron chi connectivity index (χ3n) is 3.53. The molecule has 2 amide bonds. The van der Waals surface area contributed by atoms with Crippen LogP contribution in [0.15, 0.2) is 18.2 Å². The second-order valence-electron chi connectivity index (χ2n) is 5.08. The van der Waals surface area contributed by atoms with Gasteiger partial charge in [-0.2, -0.15) is 0 Å².